The van der Waals surface area contributed by atoms with Crippen molar-refractivity contribution in [2.24, 2.45) is 0 Å². The number of carbonyl (C=O) groups is 1. The van der Waals surface area contributed by atoms with Crippen LogP contribution in [0.1, 0.15) is 36.8 Å². The van der Waals surface area contributed by atoms with E-state index in [9.17, 15) is 14.9 Å². The molecule has 130 valence electrons. The van der Waals surface area contributed by atoms with Crippen molar-refractivity contribution >= 4 is 11.6 Å². The van der Waals surface area contributed by atoms with E-state index in [-0.39, 0.29) is 11.6 Å². The van der Waals surface area contributed by atoms with Gasteiger partial charge in [0, 0.05) is 31.4 Å². The van der Waals surface area contributed by atoms with Crippen LogP contribution in [0, 0.1) is 24.0 Å². The highest BCUT2D eigenvalue weighted by molar-refractivity contribution is 5.79. The van der Waals surface area contributed by atoms with E-state index in [1.165, 1.54) is 10.9 Å². The van der Waals surface area contributed by atoms with Crippen molar-refractivity contribution < 1.29 is 9.72 Å². The highest BCUT2D eigenvalue weighted by Crippen LogP contribution is 2.20. The maximum absolute atomic E-state index is 12.6. The monoisotopic (exact) mass is 334 g/mol. The predicted molar refractivity (Wildman–Crippen MR) is 87.4 cm³/mol. The van der Waals surface area contributed by atoms with Crippen LogP contribution in [0.4, 0.5) is 5.69 Å². The molecule has 24 heavy (non-hydrogen) atoms. The fourth-order valence-electron chi connectivity index (χ4n) is 2.57. The summed E-state index contributed by atoms with van der Waals surface area (Å²) in [6, 6.07) is -0.621. The average molecular weight is 334 g/mol. The first-order chi connectivity index (χ1) is 11.3. The molecule has 0 saturated carbocycles. The van der Waals surface area contributed by atoms with Crippen molar-refractivity contribution in [1.29, 1.82) is 0 Å². The van der Waals surface area contributed by atoms with Gasteiger partial charge >= 0.3 is 5.69 Å². The van der Waals surface area contributed by atoms with Gasteiger partial charge in [0.1, 0.15) is 17.9 Å². The number of hydrogen-bond acceptors (Lipinski definition) is 5. The summed E-state index contributed by atoms with van der Waals surface area (Å²) in [6.07, 6.45) is 3.06. The van der Waals surface area contributed by atoms with Gasteiger partial charge in [-0.05, 0) is 27.7 Å². The van der Waals surface area contributed by atoms with Gasteiger partial charge in [-0.2, -0.15) is 10.2 Å². The lowest BCUT2D eigenvalue weighted by Gasteiger charge is -2.21. The maximum atomic E-state index is 12.6. The molecule has 0 aliphatic heterocycles. The minimum Gasteiger partial charge on any atom is -0.339 e. The lowest BCUT2D eigenvalue weighted by atomic mass is 10.2. The topological polar surface area (TPSA) is 99.1 Å². The van der Waals surface area contributed by atoms with Gasteiger partial charge in [0.2, 0.25) is 5.91 Å². The highest BCUT2D eigenvalue weighted by atomic mass is 16.6. The first kappa shape index (κ1) is 17.6. The summed E-state index contributed by atoms with van der Waals surface area (Å²) >= 11 is 0. The summed E-state index contributed by atoms with van der Waals surface area (Å²) in [5.74, 6) is -0.170. The van der Waals surface area contributed by atoms with Crippen LogP contribution < -0.4 is 0 Å². The summed E-state index contributed by atoms with van der Waals surface area (Å²) in [7, 11) is 1.70. The molecule has 0 fully saturated rings. The van der Waals surface area contributed by atoms with E-state index in [0.717, 1.165) is 17.8 Å². The molecule has 9 heteroatoms. The van der Waals surface area contributed by atoms with Crippen LogP contribution in [0.25, 0.3) is 0 Å². The molecular formula is C15H22N6O3. The van der Waals surface area contributed by atoms with Crippen LogP contribution in [0.2, 0.25) is 0 Å². The fraction of sp³-hybridized carbons (Fsp3) is 0.533. The zero-order valence-electron chi connectivity index (χ0n) is 14.6. The number of aromatic nitrogens is 4. The van der Waals surface area contributed by atoms with Gasteiger partial charge in [-0.15, -0.1) is 0 Å². The second-order valence-electron chi connectivity index (χ2n) is 5.78. The second kappa shape index (κ2) is 6.81. The molecule has 0 aromatic carbocycles. The Balaban J connectivity index is 2.13. The van der Waals surface area contributed by atoms with E-state index >= 15 is 0 Å². The number of carbonyl (C=O) groups excluding carboxylic acids is 1. The maximum Gasteiger partial charge on any atom is 0.309 e. The van der Waals surface area contributed by atoms with Crippen LogP contribution in [0.5, 0.6) is 0 Å². The first-order valence-corrected chi connectivity index (χ1v) is 7.72. The third kappa shape index (κ3) is 3.29. The molecule has 2 rings (SSSR count). The molecule has 2 aromatic rings. The number of amides is 1. The Morgan fingerprint density at radius 3 is 2.62 bits per heavy atom. The van der Waals surface area contributed by atoms with Gasteiger partial charge in [-0.25, -0.2) is 0 Å². The van der Waals surface area contributed by atoms with Crippen molar-refractivity contribution in [1.82, 2.24) is 24.5 Å². The van der Waals surface area contributed by atoms with E-state index in [1.54, 1.807) is 32.0 Å². The minimum absolute atomic E-state index is 0.0858. The molecule has 2 aromatic heterocycles. The van der Waals surface area contributed by atoms with Gasteiger partial charge < -0.3 is 4.90 Å². The Hall–Kier alpha value is -2.71. The van der Waals surface area contributed by atoms with Crippen molar-refractivity contribution in [3.63, 3.8) is 0 Å². The van der Waals surface area contributed by atoms with E-state index < -0.39 is 11.0 Å². The van der Waals surface area contributed by atoms with Crippen LogP contribution in [-0.4, -0.2) is 42.3 Å². The quantitative estimate of drug-likeness (QED) is 0.593. The standard InChI is InChI=1S/C15H22N6O3/c1-6-19-11(3)13(7-16-19)8-18(5)15(22)12(4)20-9-14(21(23)24)10(2)17-20/h7,9,12H,6,8H2,1-5H3/t12-/m1/s1. The molecule has 0 bridgehead atoms. The lowest BCUT2D eigenvalue weighted by molar-refractivity contribution is -0.385. The van der Waals surface area contributed by atoms with Gasteiger partial charge in [0.05, 0.1) is 11.1 Å². The van der Waals surface area contributed by atoms with Gasteiger partial charge in [0.25, 0.3) is 0 Å². The summed E-state index contributed by atoms with van der Waals surface area (Å²) in [5, 5.41) is 19.3. The van der Waals surface area contributed by atoms with E-state index in [2.05, 4.69) is 10.2 Å². The van der Waals surface area contributed by atoms with Crippen molar-refractivity contribution in [2.45, 2.75) is 46.8 Å². The van der Waals surface area contributed by atoms with Crippen LogP contribution in [0.3, 0.4) is 0 Å². The predicted octanol–water partition coefficient (Wildman–Crippen LogP) is 1.84. The van der Waals surface area contributed by atoms with Gasteiger partial charge in [-0.1, -0.05) is 0 Å². The van der Waals surface area contributed by atoms with Gasteiger partial charge in [-0.3, -0.25) is 24.3 Å². The molecule has 0 aliphatic rings. The lowest BCUT2D eigenvalue weighted by Crippen LogP contribution is -2.33. The first-order valence-electron chi connectivity index (χ1n) is 7.72. The molecule has 1 amide bonds. The molecular weight excluding hydrogens is 312 g/mol. The number of rotatable bonds is 6. The molecule has 0 aliphatic carbocycles. The average Bonchev–Trinajstić information content (AvgIpc) is 3.09. The zero-order valence-corrected chi connectivity index (χ0v) is 14.6. The minimum atomic E-state index is -0.621. The molecule has 0 N–H and O–H groups in total. The molecule has 2 heterocycles. The molecule has 9 nitrogen and oxygen atoms in total. The molecule has 0 saturated heterocycles. The fourth-order valence-corrected chi connectivity index (χ4v) is 2.57. The Labute approximate surface area is 140 Å². The smallest absolute Gasteiger partial charge is 0.309 e. The third-order valence-corrected chi connectivity index (χ3v) is 4.13. The molecule has 0 radical (unpaired) electrons. The Kier molecular flexibility index (Phi) is 5.01. The van der Waals surface area contributed by atoms with Crippen molar-refractivity contribution in [2.75, 3.05) is 7.05 Å². The number of aryl methyl sites for hydroxylation is 2. The van der Waals surface area contributed by atoms with Crippen molar-refractivity contribution in [3.8, 4) is 0 Å². The van der Waals surface area contributed by atoms with Crippen molar-refractivity contribution in [3.05, 3.63) is 39.5 Å². The number of likely N-dealkylation sites (N-methyl/N-ethyl adjacent to an activating group) is 1. The molecule has 1 atom stereocenters. The Bertz CT molecular complexity index is 763. The van der Waals surface area contributed by atoms with Crippen LogP contribution >= 0.6 is 0 Å². The van der Waals surface area contributed by atoms with E-state index in [4.69, 9.17) is 0 Å². The van der Waals surface area contributed by atoms with Crippen LogP contribution in [0.15, 0.2) is 12.4 Å². The third-order valence-electron chi connectivity index (χ3n) is 4.13. The molecule has 0 spiro atoms. The summed E-state index contributed by atoms with van der Waals surface area (Å²) in [4.78, 5) is 24.6. The SMILES string of the molecule is CCn1ncc(CN(C)C(=O)[C@@H](C)n2cc([N+](=O)[O-])c(C)n2)c1C. The van der Waals surface area contributed by atoms with Crippen LogP contribution in [-0.2, 0) is 17.9 Å². The van der Waals surface area contributed by atoms with E-state index in [1.807, 2.05) is 18.5 Å². The molecule has 0 unspecified atom stereocenters. The Morgan fingerprint density at radius 2 is 2.12 bits per heavy atom. The number of hydrogen-bond donors (Lipinski definition) is 0. The summed E-state index contributed by atoms with van der Waals surface area (Å²) < 4.78 is 3.21. The Morgan fingerprint density at radius 1 is 1.46 bits per heavy atom. The summed E-state index contributed by atoms with van der Waals surface area (Å²) in [6.45, 7) is 8.41. The number of nitrogens with zero attached hydrogens (tertiary/aromatic N) is 6. The normalized spacial score (nSPS) is 12.2. The summed E-state index contributed by atoms with van der Waals surface area (Å²) in [5.41, 5.74) is 2.21. The van der Waals surface area contributed by atoms with Gasteiger partial charge in [0.15, 0.2) is 0 Å². The highest BCUT2D eigenvalue weighted by Gasteiger charge is 2.25. The largest absolute Gasteiger partial charge is 0.339 e. The number of nitro groups is 1. The van der Waals surface area contributed by atoms with E-state index in [0.29, 0.717) is 12.2 Å². The second-order valence-corrected chi connectivity index (χ2v) is 5.78. The zero-order chi connectivity index (χ0) is 18.0.